The Balaban J connectivity index is 1.15. The van der Waals surface area contributed by atoms with Gasteiger partial charge in [-0.05, 0) is 103 Å². The van der Waals surface area contributed by atoms with E-state index >= 15 is 0 Å². The molecule has 0 atom stereocenters. The molecule has 0 heterocycles. The van der Waals surface area contributed by atoms with Crippen molar-refractivity contribution in [1.82, 2.24) is 0 Å². The standard InChI is InChI=1S/C49H37N/c1-49(2)46-21-10-8-20-44(46)45-30-29-42(33-47(45)49)50(48-22-11-9-19-43(48)36-14-4-3-5-15-36)41-27-25-35(26-28-41)38-17-12-18-39(31-38)40-24-23-34-13-6-7-16-37(34)32-40/h3-33H,1-2H3. The summed E-state index contributed by atoms with van der Waals surface area (Å²) in [5.41, 5.74) is 16.0. The second-order valence-electron chi connectivity index (χ2n) is 13.8. The average Bonchev–Trinajstić information content (AvgIpc) is 3.41. The van der Waals surface area contributed by atoms with Crippen molar-refractivity contribution in [3.8, 4) is 44.5 Å². The molecule has 0 bridgehead atoms. The number of fused-ring (bicyclic) bond motifs is 4. The Bertz CT molecular complexity index is 2510. The predicted molar refractivity (Wildman–Crippen MR) is 213 cm³/mol. The van der Waals surface area contributed by atoms with Crippen LogP contribution in [0.1, 0.15) is 25.0 Å². The van der Waals surface area contributed by atoms with Gasteiger partial charge in [-0.2, -0.15) is 0 Å². The summed E-state index contributed by atoms with van der Waals surface area (Å²) in [5.74, 6) is 0. The minimum absolute atomic E-state index is 0.0908. The Kier molecular flexibility index (Phi) is 7.21. The number of anilines is 3. The summed E-state index contributed by atoms with van der Waals surface area (Å²) >= 11 is 0. The molecule has 50 heavy (non-hydrogen) atoms. The fourth-order valence-electron chi connectivity index (χ4n) is 7.84. The first kappa shape index (κ1) is 29.9. The van der Waals surface area contributed by atoms with Crippen LogP contribution >= 0.6 is 0 Å². The van der Waals surface area contributed by atoms with Gasteiger partial charge < -0.3 is 4.90 Å². The van der Waals surface area contributed by atoms with Crippen LogP contribution in [0.15, 0.2) is 188 Å². The Morgan fingerprint density at radius 2 is 0.920 bits per heavy atom. The summed E-state index contributed by atoms with van der Waals surface area (Å²) in [6.07, 6.45) is 0. The molecule has 8 aromatic carbocycles. The van der Waals surface area contributed by atoms with Crippen molar-refractivity contribution in [3.63, 3.8) is 0 Å². The molecule has 0 aromatic heterocycles. The fourth-order valence-corrected chi connectivity index (χ4v) is 7.84. The summed E-state index contributed by atoms with van der Waals surface area (Å²) in [7, 11) is 0. The van der Waals surface area contributed by atoms with E-state index in [4.69, 9.17) is 0 Å². The van der Waals surface area contributed by atoms with Crippen molar-refractivity contribution in [1.29, 1.82) is 0 Å². The van der Waals surface area contributed by atoms with Gasteiger partial charge in [0.2, 0.25) is 0 Å². The quantitative estimate of drug-likeness (QED) is 0.175. The van der Waals surface area contributed by atoms with E-state index in [-0.39, 0.29) is 5.41 Å². The fraction of sp³-hybridized carbons (Fsp3) is 0.0612. The highest BCUT2D eigenvalue weighted by Crippen LogP contribution is 2.51. The third-order valence-corrected chi connectivity index (χ3v) is 10.5. The summed E-state index contributed by atoms with van der Waals surface area (Å²) in [6, 6.07) is 68.6. The molecule has 0 unspecified atom stereocenters. The van der Waals surface area contributed by atoms with E-state index in [0.29, 0.717) is 0 Å². The van der Waals surface area contributed by atoms with Crippen molar-refractivity contribution < 1.29 is 0 Å². The Morgan fingerprint density at radius 1 is 0.340 bits per heavy atom. The van der Waals surface area contributed by atoms with E-state index in [1.165, 1.54) is 66.4 Å². The van der Waals surface area contributed by atoms with Gasteiger partial charge in [0.1, 0.15) is 0 Å². The zero-order chi connectivity index (χ0) is 33.7. The molecule has 0 radical (unpaired) electrons. The molecule has 0 aliphatic heterocycles. The van der Waals surface area contributed by atoms with Crippen LogP contribution in [0.25, 0.3) is 55.3 Å². The maximum atomic E-state index is 2.43. The Labute approximate surface area is 294 Å². The second-order valence-corrected chi connectivity index (χ2v) is 13.8. The molecule has 0 fully saturated rings. The minimum Gasteiger partial charge on any atom is -0.310 e. The number of rotatable bonds is 6. The number of para-hydroxylation sites is 1. The van der Waals surface area contributed by atoms with Crippen molar-refractivity contribution in [2.45, 2.75) is 19.3 Å². The van der Waals surface area contributed by atoms with E-state index in [0.717, 1.165) is 17.1 Å². The van der Waals surface area contributed by atoms with Crippen molar-refractivity contribution in [2.24, 2.45) is 0 Å². The first-order valence-electron chi connectivity index (χ1n) is 17.4. The van der Waals surface area contributed by atoms with Gasteiger partial charge in [0, 0.05) is 22.4 Å². The SMILES string of the molecule is CC1(C)c2ccccc2-c2ccc(N(c3ccc(-c4cccc(-c5ccc6ccccc6c5)c4)cc3)c3ccccc3-c3ccccc3)cc21. The first-order valence-corrected chi connectivity index (χ1v) is 17.4. The van der Waals surface area contributed by atoms with E-state index in [9.17, 15) is 0 Å². The van der Waals surface area contributed by atoms with Crippen molar-refractivity contribution >= 4 is 27.8 Å². The van der Waals surface area contributed by atoms with Crippen LogP contribution in [0.4, 0.5) is 17.1 Å². The molecule has 1 nitrogen and oxygen atoms in total. The van der Waals surface area contributed by atoms with Crippen LogP contribution in [0, 0.1) is 0 Å². The molecular weight excluding hydrogens is 603 g/mol. The van der Waals surface area contributed by atoms with Crippen LogP contribution in [0.5, 0.6) is 0 Å². The van der Waals surface area contributed by atoms with Gasteiger partial charge in [0.25, 0.3) is 0 Å². The number of hydrogen-bond acceptors (Lipinski definition) is 1. The third-order valence-electron chi connectivity index (χ3n) is 10.5. The van der Waals surface area contributed by atoms with Crippen LogP contribution in [0.3, 0.4) is 0 Å². The normalized spacial score (nSPS) is 12.8. The molecule has 0 saturated carbocycles. The monoisotopic (exact) mass is 639 g/mol. The van der Waals surface area contributed by atoms with Crippen molar-refractivity contribution in [2.75, 3.05) is 4.90 Å². The lowest BCUT2D eigenvalue weighted by Gasteiger charge is -2.30. The number of hydrogen-bond donors (Lipinski definition) is 0. The second kappa shape index (κ2) is 12.1. The molecule has 8 aromatic rings. The molecular formula is C49H37N. The van der Waals surface area contributed by atoms with Gasteiger partial charge >= 0.3 is 0 Å². The zero-order valence-electron chi connectivity index (χ0n) is 28.3. The lowest BCUT2D eigenvalue weighted by molar-refractivity contribution is 0.660. The maximum absolute atomic E-state index is 2.43. The van der Waals surface area contributed by atoms with E-state index < -0.39 is 0 Å². The Hall–Kier alpha value is -6.18. The molecule has 1 heteroatoms. The zero-order valence-corrected chi connectivity index (χ0v) is 28.3. The van der Waals surface area contributed by atoms with Gasteiger partial charge in [-0.1, -0.05) is 159 Å². The first-order chi connectivity index (χ1) is 24.5. The smallest absolute Gasteiger partial charge is 0.0540 e. The topological polar surface area (TPSA) is 3.24 Å². The summed E-state index contributed by atoms with van der Waals surface area (Å²) in [4.78, 5) is 2.43. The minimum atomic E-state index is -0.0908. The summed E-state index contributed by atoms with van der Waals surface area (Å²) in [5, 5.41) is 2.52. The van der Waals surface area contributed by atoms with Gasteiger partial charge in [-0.25, -0.2) is 0 Å². The lowest BCUT2D eigenvalue weighted by Crippen LogP contribution is -2.16. The lowest BCUT2D eigenvalue weighted by atomic mass is 9.82. The van der Waals surface area contributed by atoms with E-state index in [1.807, 2.05) is 0 Å². The number of benzene rings is 8. The molecule has 1 aliphatic rings. The van der Waals surface area contributed by atoms with Gasteiger partial charge in [-0.3, -0.25) is 0 Å². The third kappa shape index (κ3) is 5.11. The van der Waals surface area contributed by atoms with Gasteiger partial charge in [-0.15, -0.1) is 0 Å². The van der Waals surface area contributed by atoms with Gasteiger partial charge in [0.05, 0.1) is 5.69 Å². The van der Waals surface area contributed by atoms with E-state index in [2.05, 4.69) is 207 Å². The number of nitrogens with zero attached hydrogens (tertiary/aromatic N) is 1. The van der Waals surface area contributed by atoms with Crippen LogP contribution < -0.4 is 4.90 Å². The summed E-state index contributed by atoms with van der Waals surface area (Å²) < 4.78 is 0. The molecule has 0 saturated heterocycles. The molecule has 238 valence electrons. The summed E-state index contributed by atoms with van der Waals surface area (Å²) in [6.45, 7) is 4.70. The molecule has 0 N–H and O–H groups in total. The average molecular weight is 640 g/mol. The highest BCUT2D eigenvalue weighted by Gasteiger charge is 2.35. The highest BCUT2D eigenvalue weighted by molar-refractivity contribution is 5.91. The molecule has 9 rings (SSSR count). The van der Waals surface area contributed by atoms with Crippen LogP contribution in [-0.4, -0.2) is 0 Å². The Morgan fingerprint density at radius 3 is 1.74 bits per heavy atom. The largest absolute Gasteiger partial charge is 0.310 e. The molecule has 0 spiro atoms. The van der Waals surface area contributed by atoms with Gasteiger partial charge in [0.15, 0.2) is 0 Å². The van der Waals surface area contributed by atoms with Crippen molar-refractivity contribution in [3.05, 3.63) is 199 Å². The van der Waals surface area contributed by atoms with Crippen LogP contribution in [0.2, 0.25) is 0 Å². The van der Waals surface area contributed by atoms with E-state index in [1.54, 1.807) is 0 Å². The predicted octanol–water partition coefficient (Wildman–Crippen LogP) is 13.6. The maximum Gasteiger partial charge on any atom is 0.0540 e. The van der Waals surface area contributed by atoms with Crippen LogP contribution in [-0.2, 0) is 5.41 Å². The molecule has 0 amide bonds. The highest BCUT2D eigenvalue weighted by atomic mass is 15.1. The molecule has 1 aliphatic carbocycles.